The van der Waals surface area contributed by atoms with E-state index in [1.165, 1.54) is 19.3 Å². The van der Waals surface area contributed by atoms with E-state index in [-0.39, 0.29) is 0 Å². The SMILES string of the molecule is CC(C)C1CC=CC2CCC=CC21. The first-order valence-corrected chi connectivity index (χ1v) is 5.62. The highest BCUT2D eigenvalue weighted by molar-refractivity contribution is 5.10. The molecule has 0 N–H and O–H groups in total. The largest absolute Gasteiger partial charge is 0.0882 e. The lowest BCUT2D eigenvalue weighted by Crippen LogP contribution is -2.28. The highest BCUT2D eigenvalue weighted by Gasteiger charge is 2.31. The standard InChI is InChI=1S/C13H20/c1-10(2)12-9-5-7-11-6-3-4-8-13(11)12/h4-5,7-8,10-13H,3,6,9H2,1-2H3. The summed E-state index contributed by atoms with van der Waals surface area (Å²) in [5.41, 5.74) is 0. The summed E-state index contributed by atoms with van der Waals surface area (Å²) in [5, 5.41) is 0. The van der Waals surface area contributed by atoms with Gasteiger partial charge in [0.2, 0.25) is 0 Å². The molecule has 0 amide bonds. The third-order valence-corrected chi connectivity index (χ3v) is 3.66. The van der Waals surface area contributed by atoms with Crippen LogP contribution < -0.4 is 0 Å². The van der Waals surface area contributed by atoms with Crippen LogP contribution in [0.2, 0.25) is 0 Å². The van der Waals surface area contributed by atoms with Crippen molar-refractivity contribution in [3.8, 4) is 0 Å². The van der Waals surface area contributed by atoms with Crippen LogP contribution in [0.3, 0.4) is 0 Å². The third-order valence-electron chi connectivity index (χ3n) is 3.66. The minimum atomic E-state index is 0.834. The summed E-state index contributed by atoms with van der Waals surface area (Å²) in [7, 11) is 0. The molecule has 0 heterocycles. The summed E-state index contributed by atoms with van der Waals surface area (Å²) in [6.45, 7) is 4.73. The molecule has 0 heteroatoms. The first-order valence-electron chi connectivity index (χ1n) is 5.62. The molecule has 0 aliphatic heterocycles. The van der Waals surface area contributed by atoms with Gasteiger partial charge in [-0.05, 0) is 42.9 Å². The molecular weight excluding hydrogens is 156 g/mol. The van der Waals surface area contributed by atoms with Crippen LogP contribution in [0.1, 0.15) is 33.1 Å². The van der Waals surface area contributed by atoms with Crippen LogP contribution in [0.4, 0.5) is 0 Å². The number of hydrogen-bond donors (Lipinski definition) is 0. The Morgan fingerprint density at radius 2 is 2.00 bits per heavy atom. The molecule has 0 aromatic heterocycles. The van der Waals surface area contributed by atoms with Gasteiger partial charge in [0.1, 0.15) is 0 Å². The zero-order valence-electron chi connectivity index (χ0n) is 8.74. The molecule has 3 unspecified atom stereocenters. The van der Waals surface area contributed by atoms with E-state index in [4.69, 9.17) is 0 Å². The van der Waals surface area contributed by atoms with Crippen LogP contribution in [-0.4, -0.2) is 0 Å². The van der Waals surface area contributed by atoms with Crippen LogP contribution >= 0.6 is 0 Å². The molecule has 0 aromatic carbocycles. The predicted octanol–water partition coefficient (Wildman–Crippen LogP) is 3.80. The zero-order chi connectivity index (χ0) is 9.26. The summed E-state index contributed by atoms with van der Waals surface area (Å²) in [4.78, 5) is 0. The number of hydrogen-bond acceptors (Lipinski definition) is 0. The minimum Gasteiger partial charge on any atom is -0.0882 e. The smallest absolute Gasteiger partial charge is 0.0137 e. The van der Waals surface area contributed by atoms with Crippen molar-refractivity contribution in [3.05, 3.63) is 24.3 Å². The van der Waals surface area contributed by atoms with Gasteiger partial charge in [-0.15, -0.1) is 0 Å². The molecule has 0 fully saturated rings. The molecule has 72 valence electrons. The van der Waals surface area contributed by atoms with Gasteiger partial charge in [-0.2, -0.15) is 0 Å². The molecule has 13 heavy (non-hydrogen) atoms. The lowest BCUT2D eigenvalue weighted by molar-refractivity contribution is 0.222. The predicted molar refractivity (Wildman–Crippen MR) is 57.4 cm³/mol. The number of rotatable bonds is 1. The van der Waals surface area contributed by atoms with Crippen molar-refractivity contribution < 1.29 is 0 Å². The van der Waals surface area contributed by atoms with Crippen LogP contribution in [0, 0.1) is 23.7 Å². The van der Waals surface area contributed by atoms with E-state index in [9.17, 15) is 0 Å². The van der Waals surface area contributed by atoms with E-state index < -0.39 is 0 Å². The van der Waals surface area contributed by atoms with Crippen molar-refractivity contribution in [1.82, 2.24) is 0 Å². The first kappa shape index (κ1) is 9.05. The second kappa shape index (κ2) is 3.69. The minimum absolute atomic E-state index is 0.834. The Labute approximate surface area is 81.7 Å². The molecule has 2 rings (SSSR count). The topological polar surface area (TPSA) is 0 Å². The Morgan fingerprint density at radius 1 is 1.15 bits per heavy atom. The zero-order valence-corrected chi connectivity index (χ0v) is 8.74. The van der Waals surface area contributed by atoms with E-state index in [0.717, 1.165) is 23.7 Å². The lowest BCUT2D eigenvalue weighted by Gasteiger charge is -2.37. The van der Waals surface area contributed by atoms with Gasteiger partial charge in [0.25, 0.3) is 0 Å². The molecule has 0 spiro atoms. The quantitative estimate of drug-likeness (QED) is 0.533. The van der Waals surface area contributed by atoms with Gasteiger partial charge < -0.3 is 0 Å². The van der Waals surface area contributed by atoms with Gasteiger partial charge in [0.15, 0.2) is 0 Å². The van der Waals surface area contributed by atoms with Crippen LogP contribution in [0.5, 0.6) is 0 Å². The van der Waals surface area contributed by atoms with Crippen LogP contribution in [0.25, 0.3) is 0 Å². The fraction of sp³-hybridized carbons (Fsp3) is 0.692. The van der Waals surface area contributed by atoms with Gasteiger partial charge in [0.05, 0.1) is 0 Å². The number of fused-ring (bicyclic) bond motifs is 1. The van der Waals surface area contributed by atoms with Crippen LogP contribution in [-0.2, 0) is 0 Å². The van der Waals surface area contributed by atoms with Crippen LogP contribution in [0.15, 0.2) is 24.3 Å². The molecule has 0 saturated carbocycles. The van der Waals surface area contributed by atoms with Crippen molar-refractivity contribution in [1.29, 1.82) is 0 Å². The molecule has 3 atom stereocenters. The second-order valence-corrected chi connectivity index (χ2v) is 4.82. The number of allylic oxidation sites excluding steroid dienone is 4. The third kappa shape index (κ3) is 1.72. The Hall–Kier alpha value is -0.520. The summed E-state index contributed by atoms with van der Waals surface area (Å²) in [5.74, 6) is 3.43. The monoisotopic (exact) mass is 176 g/mol. The van der Waals surface area contributed by atoms with E-state index in [1.54, 1.807) is 0 Å². The van der Waals surface area contributed by atoms with Crippen molar-refractivity contribution in [2.24, 2.45) is 23.7 Å². The molecule has 0 saturated heterocycles. The van der Waals surface area contributed by atoms with Gasteiger partial charge in [-0.1, -0.05) is 38.2 Å². The molecule has 2 aliphatic carbocycles. The fourth-order valence-electron chi connectivity index (χ4n) is 2.85. The van der Waals surface area contributed by atoms with E-state index in [2.05, 4.69) is 38.2 Å². The molecule has 0 radical (unpaired) electrons. The van der Waals surface area contributed by atoms with Gasteiger partial charge in [-0.3, -0.25) is 0 Å². The lowest BCUT2D eigenvalue weighted by atomic mass is 9.68. The Bertz CT molecular complexity index is 222. The normalized spacial score (nSPS) is 37.9. The van der Waals surface area contributed by atoms with Crippen molar-refractivity contribution in [2.45, 2.75) is 33.1 Å². The van der Waals surface area contributed by atoms with Gasteiger partial charge in [-0.25, -0.2) is 0 Å². The average Bonchev–Trinajstić information content (AvgIpc) is 2.17. The molecular formula is C13H20. The van der Waals surface area contributed by atoms with Crippen molar-refractivity contribution in [3.63, 3.8) is 0 Å². The average molecular weight is 176 g/mol. The first-order chi connectivity index (χ1) is 6.29. The Balaban J connectivity index is 2.17. The van der Waals surface area contributed by atoms with E-state index >= 15 is 0 Å². The second-order valence-electron chi connectivity index (χ2n) is 4.82. The maximum atomic E-state index is 2.47. The molecule has 0 bridgehead atoms. The van der Waals surface area contributed by atoms with Crippen molar-refractivity contribution >= 4 is 0 Å². The van der Waals surface area contributed by atoms with E-state index in [0.29, 0.717) is 0 Å². The maximum absolute atomic E-state index is 2.47. The van der Waals surface area contributed by atoms with Gasteiger partial charge in [0, 0.05) is 0 Å². The summed E-state index contributed by atoms with van der Waals surface area (Å²) >= 11 is 0. The highest BCUT2D eigenvalue weighted by Crippen LogP contribution is 2.40. The molecule has 2 aliphatic rings. The van der Waals surface area contributed by atoms with Crippen molar-refractivity contribution in [2.75, 3.05) is 0 Å². The Morgan fingerprint density at radius 3 is 2.77 bits per heavy atom. The highest BCUT2D eigenvalue weighted by atomic mass is 14.4. The van der Waals surface area contributed by atoms with Gasteiger partial charge >= 0.3 is 0 Å². The maximum Gasteiger partial charge on any atom is -0.0137 e. The molecule has 0 aromatic rings. The summed E-state index contributed by atoms with van der Waals surface area (Å²) in [6, 6.07) is 0. The van der Waals surface area contributed by atoms with E-state index in [1.807, 2.05) is 0 Å². The summed E-state index contributed by atoms with van der Waals surface area (Å²) < 4.78 is 0. The molecule has 0 nitrogen and oxygen atoms in total. The fourth-order valence-corrected chi connectivity index (χ4v) is 2.85. The summed E-state index contributed by atoms with van der Waals surface area (Å²) in [6.07, 6.45) is 13.7. The Kier molecular flexibility index (Phi) is 2.57.